The smallest absolute Gasteiger partial charge is 0.243 e. The molecule has 6 aromatic rings. The molecule has 492 valence electrons. The second-order valence-electron chi connectivity index (χ2n) is 23.2. The van der Waals surface area contributed by atoms with Gasteiger partial charge in [0.1, 0.15) is 0 Å². The van der Waals surface area contributed by atoms with Gasteiger partial charge in [0.15, 0.2) is 0 Å². The number of hydrogen-bond donors (Lipinski definition) is 1. The highest BCUT2D eigenvalue weighted by atomic mass is 32.2. The van der Waals surface area contributed by atoms with Crippen molar-refractivity contribution in [2.75, 3.05) is 91.6 Å². The van der Waals surface area contributed by atoms with Crippen LogP contribution >= 0.6 is 0 Å². The number of rotatable bonds is 12. The predicted molar refractivity (Wildman–Crippen MR) is 354 cm³/mol. The molecule has 1 aliphatic rings. The van der Waals surface area contributed by atoms with E-state index < -0.39 is 60.1 Å². The summed E-state index contributed by atoms with van der Waals surface area (Å²) in [6, 6.07) is 38.7. The molecule has 7 rings (SSSR count). The summed E-state index contributed by atoms with van der Waals surface area (Å²) in [5.41, 5.74) is 5.10. The number of hydrogen-bond acceptors (Lipinski definition) is 13. The zero-order valence-corrected chi connectivity index (χ0v) is 57.6. The highest BCUT2D eigenvalue weighted by molar-refractivity contribution is 7.90. The quantitative estimate of drug-likeness (QED) is 0.120. The van der Waals surface area contributed by atoms with Gasteiger partial charge in [-0.25, -0.2) is 50.5 Å². The van der Waals surface area contributed by atoms with Crippen molar-refractivity contribution in [3.05, 3.63) is 179 Å². The third kappa shape index (κ3) is 19.4. The van der Waals surface area contributed by atoms with Crippen molar-refractivity contribution < 1.29 is 50.5 Å². The molecule has 19 nitrogen and oxygen atoms in total. The van der Waals surface area contributed by atoms with Gasteiger partial charge in [0, 0.05) is 78.5 Å². The molecule has 1 saturated heterocycles. The number of aryl methyl sites for hydroxylation is 6. The molecule has 0 radical (unpaired) electrons. The van der Waals surface area contributed by atoms with Gasteiger partial charge >= 0.3 is 0 Å². The third-order valence-electron chi connectivity index (χ3n) is 16.0. The first-order valence-electron chi connectivity index (χ1n) is 30.8. The third-order valence-corrected chi connectivity index (χ3v) is 27.5. The number of nitrogens with zero attached hydrogens (tertiary/aromatic N) is 6. The lowest BCUT2D eigenvalue weighted by Crippen LogP contribution is -2.40. The lowest BCUT2D eigenvalue weighted by atomic mass is 10.2. The molecule has 0 saturated carbocycles. The molecule has 1 N–H and O–H groups in total. The highest BCUT2D eigenvalue weighted by Gasteiger charge is 2.32. The molecule has 90 heavy (non-hydrogen) atoms. The first-order valence-corrected chi connectivity index (χ1v) is 39.4. The fraction of sp³-hybridized carbons (Fsp3) is 0.446. The Morgan fingerprint density at radius 3 is 0.500 bits per heavy atom. The summed E-state index contributed by atoms with van der Waals surface area (Å²) in [5.74, 6) is 0. The van der Waals surface area contributed by atoms with Gasteiger partial charge in [-0.2, -0.15) is 25.8 Å². The van der Waals surface area contributed by atoms with Crippen LogP contribution in [-0.4, -0.2) is 168 Å². The van der Waals surface area contributed by atoms with Crippen LogP contribution in [0, 0.1) is 41.5 Å². The van der Waals surface area contributed by atoms with Crippen molar-refractivity contribution in [3.8, 4) is 0 Å². The molecule has 0 atom stereocenters. The molecule has 0 aliphatic carbocycles. The molecule has 1 aliphatic heterocycles. The summed E-state index contributed by atoms with van der Waals surface area (Å²) in [5, 5.41) is 3.36. The number of sulfonamides is 6. The lowest BCUT2D eigenvalue weighted by molar-refractivity contribution is 0.321. The van der Waals surface area contributed by atoms with Gasteiger partial charge < -0.3 is 5.32 Å². The van der Waals surface area contributed by atoms with E-state index in [2.05, 4.69) is 5.32 Å². The van der Waals surface area contributed by atoms with E-state index in [1.807, 2.05) is 41.5 Å². The van der Waals surface area contributed by atoms with E-state index in [0.717, 1.165) is 33.4 Å². The zero-order valence-electron chi connectivity index (χ0n) is 52.7. The minimum Gasteiger partial charge on any atom is -0.317 e. The standard InChI is InChI=1S/C65H89N7O12S6/c1-54-16-28-60(29-17-54)85(73,74)67-42-7-9-44-69(87(77,78)62-32-20-56(3)21-33-62)48-13-50-71(89(81,82)64-36-24-58(5)25-37-64)52-15-53-72(90(83,84)65-38-26-59(6)27-39-65)51-14-49-70(88(79,80)63-34-22-57(4)23-35-63)45-10-8-43-68(47-12-41-66-40-11-46-67)86(75,76)61-30-18-55(2)19-31-61/h16-39,66H,7-15,40-53H2,1-6H3. The van der Waals surface area contributed by atoms with E-state index in [-0.39, 0.29) is 153 Å². The van der Waals surface area contributed by atoms with Crippen LogP contribution in [0.4, 0.5) is 0 Å². The van der Waals surface area contributed by atoms with Crippen molar-refractivity contribution in [1.29, 1.82) is 0 Å². The molecule has 0 bridgehead atoms. The van der Waals surface area contributed by atoms with Crippen LogP contribution in [0.5, 0.6) is 0 Å². The van der Waals surface area contributed by atoms with E-state index in [1.54, 1.807) is 97.1 Å². The molecule has 0 unspecified atom stereocenters. The van der Waals surface area contributed by atoms with Crippen LogP contribution in [0.3, 0.4) is 0 Å². The Balaban J connectivity index is 1.23. The van der Waals surface area contributed by atoms with Gasteiger partial charge in [-0.3, -0.25) is 0 Å². The van der Waals surface area contributed by atoms with Gasteiger partial charge in [0.2, 0.25) is 60.1 Å². The summed E-state index contributed by atoms with van der Waals surface area (Å²) in [6.45, 7) is 11.3. The summed E-state index contributed by atoms with van der Waals surface area (Å²) in [7, 11) is -24.9. The molecule has 25 heteroatoms. The normalized spacial score (nSPS) is 18.2. The van der Waals surface area contributed by atoms with E-state index >= 15 is 0 Å². The van der Waals surface area contributed by atoms with Gasteiger partial charge in [-0.05, 0) is 185 Å². The van der Waals surface area contributed by atoms with Gasteiger partial charge in [-0.15, -0.1) is 0 Å². The fourth-order valence-corrected chi connectivity index (χ4v) is 19.7. The fourth-order valence-electron chi connectivity index (χ4n) is 10.6. The van der Waals surface area contributed by atoms with E-state index in [0.29, 0.717) is 25.9 Å². The largest absolute Gasteiger partial charge is 0.317 e. The zero-order chi connectivity index (χ0) is 65.3. The van der Waals surface area contributed by atoms with Gasteiger partial charge in [0.05, 0.1) is 29.4 Å². The van der Waals surface area contributed by atoms with Crippen LogP contribution in [0.25, 0.3) is 0 Å². The molecule has 6 aromatic carbocycles. The van der Waals surface area contributed by atoms with Crippen LogP contribution in [0.2, 0.25) is 0 Å². The summed E-state index contributed by atoms with van der Waals surface area (Å²) < 4.78 is 183. The number of nitrogens with one attached hydrogen (secondary N) is 1. The average Bonchev–Trinajstić information content (AvgIpc) is 2.82. The van der Waals surface area contributed by atoms with Gasteiger partial charge in [-0.1, -0.05) is 106 Å². The molecule has 0 aromatic heterocycles. The Hall–Kier alpha value is -5.26. The van der Waals surface area contributed by atoms with Crippen molar-refractivity contribution in [1.82, 2.24) is 31.1 Å². The van der Waals surface area contributed by atoms with Crippen LogP contribution in [0.1, 0.15) is 91.2 Å². The molecule has 0 spiro atoms. The maximum atomic E-state index is 14.7. The molecule has 1 heterocycles. The van der Waals surface area contributed by atoms with Crippen LogP contribution < -0.4 is 5.32 Å². The Bertz CT molecular complexity index is 3720. The van der Waals surface area contributed by atoms with Crippen molar-refractivity contribution in [3.63, 3.8) is 0 Å². The van der Waals surface area contributed by atoms with Gasteiger partial charge in [0.25, 0.3) is 0 Å². The monoisotopic (exact) mass is 1350 g/mol. The predicted octanol–water partition coefficient (Wildman–Crippen LogP) is 9.10. The Labute approximate surface area is 537 Å². The Morgan fingerprint density at radius 2 is 0.344 bits per heavy atom. The van der Waals surface area contributed by atoms with E-state index in [4.69, 9.17) is 0 Å². The minimum absolute atomic E-state index is 0.00469. The molecular formula is C65H89N7O12S6. The van der Waals surface area contributed by atoms with Crippen molar-refractivity contribution in [2.45, 2.75) is 129 Å². The SMILES string of the molecule is Cc1ccc(S(=O)(=O)N2CCCCN(S(=O)(=O)c3ccc(C)cc3)CCCN(S(=O)(=O)c3ccc(C)cc3)CCCN(S(=O)(=O)c3ccc(C)cc3)CCCN(S(=O)(=O)c3ccc(C)cc3)CCCCN(S(=O)(=O)c3ccc(C)cc3)CCCNCCC2)cc1. The summed E-state index contributed by atoms with van der Waals surface area (Å²) in [6.07, 6.45) is 1.91. The number of benzene rings is 6. The molecular weight excluding hydrogens is 1260 g/mol. The van der Waals surface area contributed by atoms with E-state index in [9.17, 15) is 50.5 Å². The first kappa shape index (κ1) is 72.2. The van der Waals surface area contributed by atoms with Crippen LogP contribution in [-0.2, 0) is 60.1 Å². The minimum atomic E-state index is -4.27. The van der Waals surface area contributed by atoms with Crippen LogP contribution in [0.15, 0.2) is 175 Å². The lowest BCUT2D eigenvalue weighted by Gasteiger charge is -2.28. The van der Waals surface area contributed by atoms with Crippen molar-refractivity contribution >= 4 is 60.1 Å². The Kier molecular flexibility index (Phi) is 26.1. The molecule has 1 fully saturated rings. The Morgan fingerprint density at radius 1 is 0.211 bits per heavy atom. The maximum Gasteiger partial charge on any atom is 0.243 e. The second kappa shape index (κ2) is 32.5. The topological polar surface area (TPSA) is 236 Å². The second-order valence-corrected chi connectivity index (χ2v) is 34.9. The first-order chi connectivity index (χ1) is 42.6. The van der Waals surface area contributed by atoms with E-state index in [1.165, 1.54) is 74.4 Å². The maximum absolute atomic E-state index is 14.7. The summed E-state index contributed by atoms with van der Waals surface area (Å²) >= 11 is 0. The molecule has 0 amide bonds. The highest BCUT2D eigenvalue weighted by Crippen LogP contribution is 2.26. The summed E-state index contributed by atoms with van der Waals surface area (Å²) in [4.78, 5) is 0.296. The average molecular weight is 1350 g/mol. The van der Waals surface area contributed by atoms with Crippen molar-refractivity contribution in [2.24, 2.45) is 0 Å².